The zero-order chi connectivity index (χ0) is 27.3. The molecule has 1 fully saturated rings. The molecule has 2 aromatic heterocycles. The number of halogens is 3. The Hall–Kier alpha value is -3.88. The number of alkyl halides is 3. The van der Waals surface area contributed by atoms with Crippen LogP contribution in [0.3, 0.4) is 0 Å². The zero-order valence-electron chi connectivity index (χ0n) is 19.6. The smallest absolute Gasteiger partial charge is 0.416 e. The fourth-order valence-electron chi connectivity index (χ4n) is 3.94. The molecule has 0 bridgehead atoms. The number of pyridine rings is 1. The van der Waals surface area contributed by atoms with Crippen molar-refractivity contribution in [1.29, 1.82) is 0 Å². The van der Waals surface area contributed by atoms with E-state index in [9.17, 15) is 36.0 Å². The molecule has 1 aliphatic rings. The lowest BCUT2D eigenvalue weighted by molar-refractivity contribution is -0.189. The number of sulfone groups is 1. The van der Waals surface area contributed by atoms with Gasteiger partial charge in [-0.1, -0.05) is 0 Å². The molecule has 0 saturated heterocycles. The number of nitrogens with two attached hydrogens (primary N) is 1. The number of anilines is 1. The lowest BCUT2D eigenvalue weighted by Gasteiger charge is -2.20. The third-order valence-electron chi connectivity index (χ3n) is 5.89. The van der Waals surface area contributed by atoms with Crippen molar-refractivity contribution in [3.63, 3.8) is 0 Å². The van der Waals surface area contributed by atoms with Crippen molar-refractivity contribution in [2.45, 2.75) is 37.3 Å². The number of nitrogens with zero attached hydrogens (tertiary/aromatic N) is 2. The molecule has 0 radical (unpaired) electrons. The number of fused-ring (bicyclic) bond motifs is 1. The van der Waals surface area contributed by atoms with Crippen molar-refractivity contribution < 1.29 is 35.9 Å². The zero-order valence-corrected chi connectivity index (χ0v) is 20.4. The first kappa shape index (κ1) is 26.2. The minimum Gasteiger partial charge on any atom is -0.416 e. The molecule has 0 unspecified atom stereocenters. The van der Waals surface area contributed by atoms with Crippen LogP contribution >= 0.6 is 0 Å². The van der Waals surface area contributed by atoms with Crippen molar-refractivity contribution in [3.05, 3.63) is 40.1 Å². The van der Waals surface area contributed by atoms with Gasteiger partial charge in [0, 0.05) is 7.05 Å². The number of nitrogens with one attached hydrogen (secondary N) is 2. The lowest BCUT2D eigenvalue weighted by atomic mass is 10.1. The second-order valence-electron chi connectivity index (χ2n) is 8.67. The molecule has 2 heterocycles. The first-order valence-electron chi connectivity index (χ1n) is 11.0. The SMILES string of the molecule is CNC(=O)Cc1cc(-n2c(C)c(OC(=O)C(F)(F)F)c(S(=O)(=O)CC3CC3)c(N)c2=O)c2nc[nH]c2c1. The second kappa shape index (κ2) is 9.21. The third-order valence-corrected chi connectivity index (χ3v) is 7.82. The number of amides is 1. The second-order valence-corrected chi connectivity index (χ2v) is 10.6. The van der Waals surface area contributed by atoms with Crippen LogP contribution in [0.15, 0.2) is 28.2 Å². The van der Waals surface area contributed by atoms with E-state index in [0.29, 0.717) is 23.9 Å². The Morgan fingerprint density at radius 3 is 2.57 bits per heavy atom. The van der Waals surface area contributed by atoms with Gasteiger partial charge in [0.15, 0.2) is 15.6 Å². The van der Waals surface area contributed by atoms with E-state index in [4.69, 9.17) is 5.73 Å². The Bertz CT molecular complexity index is 1590. The highest BCUT2D eigenvalue weighted by Crippen LogP contribution is 2.39. The summed E-state index contributed by atoms with van der Waals surface area (Å²) in [5.41, 5.74) is 4.48. The summed E-state index contributed by atoms with van der Waals surface area (Å²) in [5, 5.41) is 2.45. The standard InChI is InChI=1S/C22H22F3N5O6S/c1-10-18(36-21(33)22(23,24)25)19(37(34,35)8-11-3-4-11)16(26)20(32)30(10)14-6-12(7-15(31)27-2)5-13-17(14)29-9-28-13/h5-6,9,11H,3-4,7-8,26H2,1-2H3,(H,27,31)(H,28,29). The molecular formula is C22H22F3N5O6S. The summed E-state index contributed by atoms with van der Waals surface area (Å²) >= 11 is 0. The highest BCUT2D eigenvalue weighted by Gasteiger charge is 2.44. The number of H-pyrrole nitrogens is 1. The highest BCUT2D eigenvalue weighted by molar-refractivity contribution is 7.91. The van der Waals surface area contributed by atoms with Crippen LogP contribution in [0, 0.1) is 12.8 Å². The summed E-state index contributed by atoms with van der Waals surface area (Å²) in [6.07, 6.45) is -3.11. The van der Waals surface area contributed by atoms with E-state index in [-0.39, 0.29) is 29.4 Å². The van der Waals surface area contributed by atoms with Gasteiger partial charge in [0.05, 0.1) is 35.4 Å². The molecule has 4 N–H and O–H groups in total. The Kier molecular flexibility index (Phi) is 6.52. The number of rotatable bonds is 7. The fraction of sp³-hybridized carbons (Fsp3) is 0.364. The molecule has 37 heavy (non-hydrogen) atoms. The molecular weight excluding hydrogens is 519 g/mol. The molecule has 4 rings (SSSR count). The molecule has 0 aliphatic heterocycles. The quantitative estimate of drug-likeness (QED) is 0.379. The van der Waals surface area contributed by atoms with Crippen molar-refractivity contribution in [1.82, 2.24) is 19.9 Å². The topological polar surface area (TPSA) is 166 Å². The summed E-state index contributed by atoms with van der Waals surface area (Å²) in [4.78, 5) is 43.2. The minimum atomic E-state index is -5.46. The minimum absolute atomic E-state index is 0.0118. The molecule has 0 atom stereocenters. The van der Waals surface area contributed by atoms with Gasteiger partial charge in [0.25, 0.3) is 5.56 Å². The number of ether oxygens (including phenoxy) is 1. The normalized spacial score (nSPS) is 14.1. The van der Waals surface area contributed by atoms with Crippen LogP contribution in [0.1, 0.15) is 24.1 Å². The van der Waals surface area contributed by atoms with Crippen LogP contribution in [0.5, 0.6) is 5.75 Å². The fourth-order valence-corrected chi connectivity index (χ4v) is 5.96. The van der Waals surface area contributed by atoms with Crippen LogP contribution in [0.25, 0.3) is 16.7 Å². The summed E-state index contributed by atoms with van der Waals surface area (Å²) in [7, 11) is -2.98. The first-order valence-corrected chi connectivity index (χ1v) is 12.6. The molecule has 0 spiro atoms. The predicted octanol–water partition coefficient (Wildman–Crippen LogP) is 1.54. The van der Waals surface area contributed by atoms with E-state index in [1.54, 1.807) is 6.07 Å². The van der Waals surface area contributed by atoms with Crippen LogP contribution in [0.4, 0.5) is 18.9 Å². The summed E-state index contributed by atoms with van der Waals surface area (Å²) in [6.45, 7) is 1.12. The van der Waals surface area contributed by atoms with Crippen LogP contribution in [-0.2, 0) is 25.8 Å². The number of likely N-dealkylation sites (N-methyl/N-ethyl adjacent to an activating group) is 1. The maximum atomic E-state index is 13.4. The van der Waals surface area contributed by atoms with Gasteiger partial charge in [-0.05, 0) is 43.4 Å². The number of aromatic nitrogens is 3. The average molecular weight is 542 g/mol. The van der Waals surface area contributed by atoms with Crippen molar-refractivity contribution in [3.8, 4) is 11.4 Å². The van der Waals surface area contributed by atoms with Gasteiger partial charge in [-0.2, -0.15) is 13.2 Å². The summed E-state index contributed by atoms with van der Waals surface area (Å²) < 4.78 is 71.0. The van der Waals surface area contributed by atoms with Gasteiger partial charge < -0.3 is 20.8 Å². The molecule has 15 heteroatoms. The van der Waals surface area contributed by atoms with E-state index >= 15 is 0 Å². The number of nitrogen functional groups attached to an aromatic ring is 1. The molecule has 1 aromatic carbocycles. The highest BCUT2D eigenvalue weighted by atomic mass is 32.2. The average Bonchev–Trinajstić information content (AvgIpc) is 3.47. The predicted molar refractivity (Wildman–Crippen MR) is 125 cm³/mol. The third kappa shape index (κ3) is 5.03. The molecule has 1 amide bonds. The number of aromatic amines is 1. The van der Waals surface area contributed by atoms with Crippen LogP contribution in [-0.4, -0.2) is 53.8 Å². The Balaban J connectivity index is 2.03. The van der Waals surface area contributed by atoms with E-state index in [1.807, 2.05) is 0 Å². The maximum absolute atomic E-state index is 13.4. The summed E-state index contributed by atoms with van der Waals surface area (Å²) in [5.74, 6) is -4.76. The van der Waals surface area contributed by atoms with Gasteiger partial charge in [-0.15, -0.1) is 0 Å². The molecule has 1 aliphatic carbocycles. The van der Waals surface area contributed by atoms with Crippen molar-refractivity contribution in [2.75, 3.05) is 18.5 Å². The Morgan fingerprint density at radius 1 is 1.30 bits per heavy atom. The number of imidazole rings is 1. The van der Waals surface area contributed by atoms with E-state index in [1.165, 1.54) is 19.4 Å². The number of esters is 1. The van der Waals surface area contributed by atoms with E-state index in [0.717, 1.165) is 11.5 Å². The lowest BCUT2D eigenvalue weighted by Crippen LogP contribution is -2.33. The Morgan fingerprint density at radius 2 is 1.97 bits per heavy atom. The maximum Gasteiger partial charge on any atom is 0.491 e. The molecule has 1 saturated carbocycles. The number of carbonyl (C=O) groups excluding carboxylic acids is 2. The molecule has 3 aromatic rings. The van der Waals surface area contributed by atoms with Gasteiger partial charge in [-0.25, -0.2) is 18.2 Å². The monoisotopic (exact) mass is 541 g/mol. The van der Waals surface area contributed by atoms with Crippen molar-refractivity contribution in [2.24, 2.45) is 5.92 Å². The number of hydrogen-bond donors (Lipinski definition) is 3. The number of benzene rings is 1. The number of carbonyl (C=O) groups is 2. The van der Waals surface area contributed by atoms with Gasteiger partial charge in [0.2, 0.25) is 5.91 Å². The van der Waals surface area contributed by atoms with Crippen LogP contribution in [0.2, 0.25) is 0 Å². The van der Waals surface area contributed by atoms with Crippen molar-refractivity contribution >= 4 is 38.4 Å². The largest absolute Gasteiger partial charge is 0.491 e. The van der Waals surface area contributed by atoms with Gasteiger partial charge in [0.1, 0.15) is 16.1 Å². The summed E-state index contributed by atoms with van der Waals surface area (Å²) in [6, 6.07) is 2.98. The Labute approximate surface area is 207 Å². The molecule has 11 nitrogen and oxygen atoms in total. The van der Waals surface area contributed by atoms with Crippen LogP contribution < -0.4 is 21.3 Å². The van der Waals surface area contributed by atoms with E-state index < -0.39 is 55.3 Å². The van der Waals surface area contributed by atoms with Gasteiger partial charge >= 0.3 is 12.1 Å². The molecule has 198 valence electrons. The first-order chi connectivity index (χ1) is 17.2. The van der Waals surface area contributed by atoms with Gasteiger partial charge in [-0.3, -0.25) is 14.2 Å². The number of hydrogen-bond acceptors (Lipinski definition) is 8. The van der Waals surface area contributed by atoms with E-state index in [2.05, 4.69) is 20.0 Å².